The van der Waals surface area contributed by atoms with E-state index in [4.69, 9.17) is 21.1 Å². The van der Waals surface area contributed by atoms with E-state index in [0.29, 0.717) is 38.1 Å². The van der Waals surface area contributed by atoms with Crippen LogP contribution in [-0.2, 0) is 24.3 Å². The minimum absolute atomic E-state index is 0.0502. The Labute approximate surface area is 182 Å². The highest BCUT2D eigenvalue weighted by atomic mass is 35.5. The molecule has 0 radical (unpaired) electrons. The number of esters is 1. The van der Waals surface area contributed by atoms with Crippen LogP contribution in [0.3, 0.4) is 0 Å². The van der Waals surface area contributed by atoms with Crippen LogP contribution in [0.25, 0.3) is 0 Å². The lowest BCUT2D eigenvalue weighted by atomic mass is 9.92. The summed E-state index contributed by atoms with van der Waals surface area (Å²) in [6.45, 7) is 6.15. The van der Waals surface area contributed by atoms with Crippen LogP contribution in [0.5, 0.6) is 0 Å². The van der Waals surface area contributed by atoms with Gasteiger partial charge in [-0.05, 0) is 36.5 Å². The van der Waals surface area contributed by atoms with Gasteiger partial charge in [-0.1, -0.05) is 25.4 Å². The summed E-state index contributed by atoms with van der Waals surface area (Å²) in [5.41, 5.74) is -0.0841. The topological polar surface area (TPSA) is 93.2 Å². The summed E-state index contributed by atoms with van der Waals surface area (Å²) in [6.07, 6.45) is 1.06. The Morgan fingerprint density at radius 1 is 1.17 bits per heavy atom. The number of morpholine rings is 1. The van der Waals surface area contributed by atoms with Gasteiger partial charge >= 0.3 is 5.97 Å². The molecule has 2 atom stereocenters. The molecule has 0 aromatic heterocycles. The minimum Gasteiger partial charge on any atom is -0.452 e. The lowest BCUT2D eigenvalue weighted by Crippen LogP contribution is -2.44. The third-order valence-electron chi connectivity index (χ3n) is 5.31. The molecule has 2 fully saturated rings. The number of likely N-dealkylation sites (tertiary alicyclic amines) is 1. The normalized spacial score (nSPS) is 23.2. The van der Waals surface area contributed by atoms with Crippen molar-refractivity contribution in [3.63, 3.8) is 0 Å². The molecule has 30 heavy (non-hydrogen) atoms. The zero-order valence-corrected chi connectivity index (χ0v) is 18.7. The van der Waals surface area contributed by atoms with Crippen molar-refractivity contribution in [2.75, 3.05) is 46.0 Å². The van der Waals surface area contributed by atoms with Gasteiger partial charge < -0.3 is 14.4 Å². The van der Waals surface area contributed by atoms with Crippen molar-refractivity contribution in [3.05, 3.63) is 28.8 Å². The number of carbonyl (C=O) groups is 2. The molecule has 0 bridgehead atoms. The molecule has 2 aliphatic heterocycles. The highest BCUT2D eigenvalue weighted by molar-refractivity contribution is 7.89. The first-order valence-corrected chi connectivity index (χ1v) is 11.8. The second-order valence-corrected chi connectivity index (χ2v) is 10.3. The molecular formula is C20H27ClN2O6S. The molecule has 2 aliphatic rings. The molecule has 0 saturated carbocycles. The molecule has 8 nitrogen and oxygen atoms in total. The number of rotatable bonds is 5. The molecule has 0 N–H and O–H groups in total. The number of ether oxygens (including phenoxy) is 2. The van der Waals surface area contributed by atoms with Crippen molar-refractivity contribution >= 4 is 33.5 Å². The molecule has 0 spiro atoms. The SMILES string of the molecule is C[C@H]1C[C@H](C)CN(C(=O)COC(=O)c2cc(S(=O)(=O)N3CCOCC3)ccc2Cl)C1. The monoisotopic (exact) mass is 458 g/mol. The minimum atomic E-state index is -3.78. The average molecular weight is 459 g/mol. The summed E-state index contributed by atoms with van der Waals surface area (Å²) in [4.78, 5) is 26.6. The van der Waals surface area contributed by atoms with Gasteiger partial charge in [-0.15, -0.1) is 0 Å². The number of halogens is 1. The van der Waals surface area contributed by atoms with E-state index >= 15 is 0 Å². The van der Waals surface area contributed by atoms with Gasteiger partial charge in [0, 0.05) is 26.2 Å². The predicted octanol–water partition coefficient (Wildman–Crippen LogP) is 2.02. The van der Waals surface area contributed by atoms with E-state index < -0.39 is 22.6 Å². The third-order valence-corrected chi connectivity index (χ3v) is 7.54. The number of nitrogens with zero attached hydrogens (tertiary/aromatic N) is 2. The van der Waals surface area contributed by atoms with Crippen LogP contribution < -0.4 is 0 Å². The summed E-state index contributed by atoms with van der Waals surface area (Å²) in [7, 11) is -3.78. The number of benzene rings is 1. The summed E-state index contributed by atoms with van der Waals surface area (Å²) >= 11 is 6.10. The summed E-state index contributed by atoms with van der Waals surface area (Å²) < 4.78 is 37.3. The summed E-state index contributed by atoms with van der Waals surface area (Å²) in [5, 5.41) is 0.0635. The molecule has 0 unspecified atom stereocenters. The fraction of sp³-hybridized carbons (Fsp3) is 0.600. The Kier molecular flexibility index (Phi) is 7.38. The van der Waals surface area contributed by atoms with E-state index in [9.17, 15) is 18.0 Å². The fourth-order valence-corrected chi connectivity index (χ4v) is 5.55. The Morgan fingerprint density at radius 3 is 2.43 bits per heavy atom. The van der Waals surface area contributed by atoms with Crippen molar-refractivity contribution in [3.8, 4) is 0 Å². The largest absolute Gasteiger partial charge is 0.452 e. The fourth-order valence-electron chi connectivity index (χ4n) is 3.92. The third kappa shape index (κ3) is 5.32. The Bertz CT molecular complexity index is 891. The van der Waals surface area contributed by atoms with Gasteiger partial charge in [-0.25, -0.2) is 13.2 Å². The Balaban J connectivity index is 1.68. The van der Waals surface area contributed by atoms with Crippen LogP contribution in [-0.4, -0.2) is 75.5 Å². The van der Waals surface area contributed by atoms with Crippen molar-refractivity contribution in [1.82, 2.24) is 9.21 Å². The van der Waals surface area contributed by atoms with Crippen molar-refractivity contribution in [1.29, 1.82) is 0 Å². The van der Waals surface area contributed by atoms with Crippen LogP contribution in [0.1, 0.15) is 30.6 Å². The predicted molar refractivity (Wildman–Crippen MR) is 111 cm³/mol. The highest BCUT2D eigenvalue weighted by Gasteiger charge is 2.29. The van der Waals surface area contributed by atoms with E-state index in [1.165, 1.54) is 22.5 Å². The number of amides is 1. The number of hydrogen-bond acceptors (Lipinski definition) is 6. The first-order chi connectivity index (χ1) is 14.2. The van der Waals surface area contributed by atoms with Crippen molar-refractivity contribution in [2.24, 2.45) is 11.8 Å². The Morgan fingerprint density at radius 2 is 1.80 bits per heavy atom. The molecule has 3 rings (SSSR count). The molecule has 0 aliphatic carbocycles. The van der Waals surface area contributed by atoms with Crippen LogP contribution in [0.2, 0.25) is 5.02 Å². The summed E-state index contributed by atoms with van der Waals surface area (Å²) in [5.74, 6) is -0.310. The maximum atomic E-state index is 12.8. The van der Waals surface area contributed by atoms with Gasteiger partial charge in [0.15, 0.2) is 6.61 Å². The van der Waals surface area contributed by atoms with Crippen LogP contribution >= 0.6 is 11.6 Å². The molecule has 1 aromatic carbocycles. The molecule has 2 heterocycles. The molecule has 1 aromatic rings. The van der Waals surface area contributed by atoms with Crippen molar-refractivity contribution in [2.45, 2.75) is 25.2 Å². The van der Waals surface area contributed by atoms with Gasteiger partial charge in [0.1, 0.15) is 0 Å². The van der Waals surface area contributed by atoms with Gasteiger partial charge in [0.2, 0.25) is 10.0 Å². The number of piperidine rings is 1. The summed E-state index contributed by atoms with van der Waals surface area (Å²) in [6, 6.07) is 3.90. The highest BCUT2D eigenvalue weighted by Crippen LogP contribution is 2.25. The smallest absolute Gasteiger partial charge is 0.340 e. The van der Waals surface area contributed by atoms with E-state index in [2.05, 4.69) is 13.8 Å². The van der Waals surface area contributed by atoms with E-state index in [0.717, 1.165) is 6.42 Å². The number of carbonyl (C=O) groups excluding carboxylic acids is 2. The second kappa shape index (κ2) is 9.64. The van der Waals surface area contributed by atoms with Gasteiger partial charge in [-0.3, -0.25) is 4.79 Å². The average Bonchev–Trinajstić information content (AvgIpc) is 2.71. The van der Waals surface area contributed by atoms with Gasteiger partial charge in [0.25, 0.3) is 5.91 Å². The van der Waals surface area contributed by atoms with Crippen LogP contribution in [0, 0.1) is 11.8 Å². The maximum absolute atomic E-state index is 12.8. The standard InChI is InChI=1S/C20H27ClN2O6S/c1-14-9-15(2)12-22(11-14)19(24)13-29-20(25)17-10-16(3-4-18(17)21)30(26,27)23-5-7-28-8-6-23/h3-4,10,14-15H,5-9,11-13H2,1-2H3/t14-,15-/m0/s1. The van der Waals surface area contributed by atoms with Gasteiger partial charge in [-0.2, -0.15) is 4.31 Å². The molecule has 10 heteroatoms. The first-order valence-electron chi connectivity index (χ1n) is 10.0. The zero-order chi connectivity index (χ0) is 21.9. The lowest BCUT2D eigenvalue weighted by Gasteiger charge is -2.34. The van der Waals surface area contributed by atoms with Crippen molar-refractivity contribution < 1.29 is 27.5 Å². The zero-order valence-electron chi connectivity index (χ0n) is 17.2. The molecule has 1 amide bonds. The first kappa shape index (κ1) is 23.0. The van der Waals surface area contributed by atoms with Crippen LogP contribution in [0.4, 0.5) is 0 Å². The quantitative estimate of drug-likeness (QED) is 0.627. The second-order valence-electron chi connectivity index (χ2n) is 7.98. The molecular weight excluding hydrogens is 432 g/mol. The molecule has 166 valence electrons. The van der Waals surface area contributed by atoms with Gasteiger partial charge in [0.05, 0.1) is 28.7 Å². The van der Waals surface area contributed by atoms with E-state index in [1.54, 1.807) is 4.90 Å². The lowest BCUT2D eigenvalue weighted by molar-refractivity contribution is -0.137. The number of sulfonamides is 1. The van der Waals surface area contributed by atoms with E-state index in [-0.39, 0.29) is 34.5 Å². The number of hydrogen-bond donors (Lipinski definition) is 0. The Hall–Kier alpha value is -1.68. The maximum Gasteiger partial charge on any atom is 0.340 e. The van der Waals surface area contributed by atoms with Crippen LogP contribution in [0.15, 0.2) is 23.1 Å². The molecule has 2 saturated heterocycles. The van der Waals surface area contributed by atoms with E-state index in [1.807, 2.05) is 0 Å².